The third-order valence-corrected chi connectivity index (χ3v) is 3.44. The van der Waals surface area contributed by atoms with Gasteiger partial charge in [0, 0.05) is 18.3 Å². The van der Waals surface area contributed by atoms with Gasteiger partial charge in [0.15, 0.2) is 0 Å². The number of aliphatic carboxylic acids is 1. The first-order valence-corrected chi connectivity index (χ1v) is 6.48. The van der Waals surface area contributed by atoms with Crippen LogP contribution in [0.25, 0.3) is 0 Å². The Hall–Kier alpha value is -2.09. The van der Waals surface area contributed by atoms with Crippen LogP contribution in [0.2, 0.25) is 0 Å². The fraction of sp³-hybridized carbons (Fsp3) is 0.500. The second-order valence-corrected chi connectivity index (χ2v) is 4.88. The molecule has 1 aromatic rings. The Morgan fingerprint density at radius 1 is 1.58 bits per heavy atom. The number of hydrogen-bond acceptors (Lipinski definition) is 4. The molecule has 1 aliphatic heterocycles. The molecule has 0 radical (unpaired) electrons. The molecule has 0 aliphatic carbocycles. The molecule has 1 fully saturated rings. The molecule has 1 aliphatic rings. The summed E-state index contributed by atoms with van der Waals surface area (Å²) in [6, 6.07) is 5.64. The van der Waals surface area contributed by atoms with Crippen molar-refractivity contribution in [3.63, 3.8) is 0 Å². The number of carboxylic acid groups (broad SMARTS) is 1. The van der Waals surface area contributed by atoms with E-state index in [0.717, 1.165) is 31.5 Å². The van der Waals surface area contributed by atoms with Gasteiger partial charge in [-0.2, -0.15) is 5.26 Å². The third-order valence-electron chi connectivity index (χ3n) is 3.44. The summed E-state index contributed by atoms with van der Waals surface area (Å²) in [6.07, 6.45) is 2.98. The molecule has 0 aromatic carbocycles. The van der Waals surface area contributed by atoms with Crippen LogP contribution in [0.3, 0.4) is 0 Å². The van der Waals surface area contributed by atoms with Crippen molar-refractivity contribution in [2.24, 2.45) is 0 Å². The quantitative estimate of drug-likeness (QED) is 0.899. The predicted octanol–water partition coefficient (Wildman–Crippen LogP) is 2.10. The lowest BCUT2D eigenvalue weighted by molar-refractivity contribution is -0.137. The van der Waals surface area contributed by atoms with Crippen LogP contribution in [0.4, 0.5) is 5.82 Å². The van der Waals surface area contributed by atoms with Crippen molar-refractivity contribution >= 4 is 11.8 Å². The average molecular weight is 259 g/mol. The molecule has 2 rings (SSSR count). The molecule has 1 unspecified atom stereocenters. The second-order valence-electron chi connectivity index (χ2n) is 4.88. The number of aromatic nitrogens is 1. The summed E-state index contributed by atoms with van der Waals surface area (Å²) in [5.74, 6) is -0.170. The number of piperidine rings is 1. The number of hydrogen-bond donors (Lipinski definition) is 1. The lowest BCUT2D eigenvalue weighted by atomic mass is 9.98. The molecule has 19 heavy (non-hydrogen) atoms. The maximum absolute atomic E-state index is 11.0. The van der Waals surface area contributed by atoms with Crippen LogP contribution in [-0.4, -0.2) is 28.6 Å². The minimum Gasteiger partial charge on any atom is -0.481 e. The summed E-state index contributed by atoms with van der Waals surface area (Å²) in [5.41, 5.74) is 1.36. The summed E-state index contributed by atoms with van der Waals surface area (Å²) < 4.78 is 0. The number of nitrogens with zero attached hydrogens (tertiary/aromatic N) is 3. The largest absolute Gasteiger partial charge is 0.481 e. The van der Waals surface area contributed by atoms with Crippen molar-refractivity contribution in [1.29, 1.82) is 5.26 Å². The number of carbonyl (C=O) groups is 1. The van der Waals surface area contributed by atoms with Gasteiger partial charge in [0.1, 0.15) is 11.9 Å². The highest BCUT2D eigenvalue weighted by Gasteiger charge is 2.27. The third kappa shape index (κ3) is 3.02. The van der Waals surface area contributed by atoms with Gasteiger partial charge in [-0.3, -0.25) is 4.79 Å². The molecule has 1 N–H and O–H groups in total. The van der Waals surface area contributed by atoms with Gasteiger partial charge >= 0.3 is 5.97 Å². The molecule has 1 atom stereocenters. The Kier molecular flexibility index (Phi) is 4.00. The first-order valence-electron chi connectivity index (χ1n) is 6.48. The summed E-state index contributed by atoms with van der Waals surface area (Å²) in [4.78, 5) is 17.4. The number of rotatable bonds is 3. The van der Waals surface area contributed by atoms with Crippen molar-refractivity contribution in [1.82, 2.24) is 4.98 Å². The molecule has 0 saturated carbocycles. The highest BCUT2D eigenvalue weighted by Crippen LogP contribution is 2.27. The highest BCUT2D eigenvalue weighted by atomic mass is 16.4. The standard InChI is InChI=1S/C14H17N3O2/c1-10-5-6-11(9-15)14(16-10)17-7-3-2-4-12(17)8-13(18)19/h5-6,12H,2-4,7-8H2,1H3,(H,18,19). The van der Waals surface area contributed by atoms with Crippen LogP contribution in [0.1, 0.15) is 36.9 Å². The number of nitriles is 1. The van der Waals surface area contributed by atoms with Gasteiger partial charge in [0.25, 0.3) is 0 Å². The van der Waals surface area contributed by atoms with Crippen molar-refractivity contribution in [3.8, 4) is 6.07 Å². The van der Waals surface area contributed by atoms with E-state index >= 15 is 0 Å². The summed E-state index contributed by atoms with van der Waals surface area (Å²) in [5, 5.41) is 18.2. The van der Waals surface area contributed by atoms with Crippen LogP contribution in [0.5, 0.6) is 0 Å². The molecule has 0 amide bonds. The van der Waals surface area contributed by atoms with E-state index in [2.05, 4.69) is 11.1 Å². The number of aryl methyl sites for hydroxylation is 1. The maximum Gasteiger partial charge on any atom is 0.305 e. The molecule has 100 valence electrons. The van der Waals surface area contributed by atoms with Crippen molar-refractivity contribution < 1.29 is 9.90 Å². The number of anilines is 1. The van der Waals surface area contributed by atoms with Gasteiger partial charge in [-0.05, 0) is 38.3 Å². The topological polar surface area (TPSA) is 77.2 Å². The summed E-state index contributed by atoms with van der Waals surface area (Å²) >= 11 is 0. The van der Waals surface area contributed by atoms with Crippen LogP contribution in [-0.2, 0) is 4.79 Å². The summed E-state index contributed by atoms with van der Waals surface area (Å²) in [7, 11) is 0. The van der Waals surface area contributed by atoms with E-state index in [1.54, 1.807) is 12.1 Å². The van der Waals surface area contributed by atoms with Crippen LogP contribution >= 0.6 is 0 Å². The number of pyridine rings is 1. The van der Waals surface area contributed by atoms with Gasteiger partial charge in [0.05, 0.1) is 12.0 Å². The molecular formula is C14H17N3O2. The smallest absolute Gasteiger partial charge is 0.305 e. The Labute approximate surface area is 112 Å². The zero-order valence-electron chi connectivity index (χ0n) is 11.0. The van der Waals surface area contributed by atoms with Gasteiger partial charge in [-0.1, -0.05) is 0 Å². The van der Waals surface area contributed by atoms with E-state index in [-0.39, 0.29) is 12.5 Å². The Balaban J connectivity index is 2.34. The van der Waals surface area contributed by atoms with Gasteiger partial charge in [0.2, 0.25) is 0 Å². The maximum atomic E-state index is 11.0. The zero-order chi connectivity index (χ0) is 13.8. The van der Waals surface area contributed by atoms with Gasteiger partial charge < -0.3 is 10.0 Å². The van der Waals surface area contributed by atoms with E-state index in [1.807, 2.05) is 11.8 Å². The minimum absolute atomic E-state index is 0.0624. The van der Waals surface area contributed by atoms with Crippen molar-refractivity contribution in [2.45, 2.75) is 38.6 Å². The molecule has 0 bridgehead atoms. The normalized spacial score (nSPS) is 18.9. The van der Waals surface area contributed by atoms with E-state index in [4.69, 9.17) is 5.11 Å². The highest BCUT2D eigenvalue weighted by molar-refractivity contribution is 5.69. The predicted molar refractivity (Wildman–Crippen MR) is 70.9 cm³/mol. The molecule has 2 heterocycles. The number of carboxylic acids is 1. The Bertz CT molecular complexity index is 522. The molecule has 5 heteroatoms. The van der Waals surface area contributed by atoms with E-state index < -0.39 is 5.97 Å². The van der Waals surface area contributed by atoms with Crippen LogP contribution < -0.4 is 4.90 Å². The Morgan fingerprint density at radius 3 is 3.05 bits per heavy atom. The monoisotopic (exact) mass is 259 g/mol. The molecule has 1 saturated heterocycles. The minimum atomic E-state index is -0.803. The average Bonchev–Trinajstić information content (AvgIpc) is 2.38. The zero-order valence-corrected chi connectivity index (χ0v) is 11.0. The molecular weight excluding hydrogens is 242 g/mol. The van der Waals surface area contributed by atoms with E-state index in [0.29, 0.717) is 11.4 Å². The molecule has 1 aromatic heterocycles. The SMILES string of the molecule is Cc1ccc(C#N)c(N2CCCCC2CC(=O)O)n1. The first-order chi connectivity index (χ1) is 9.11. The van der Waals surface area contributed by atoms with Gasteiger partial charge in [-0.15, -0.1) is 0 Å². The van der Waals surface area contributed by atoms with E-state index in [9.17, 15) is 10.1 Å². The lowest BCUT2D eigenvalue weighted by Gasteiger charge is -2.36. The van der Waals surface area contributed by atoms with Crippen LogP contribution in [0.15, 0.2) is 12.1 Å². The fourth-order valence-electron chi connectivity index (χ4n) is 2.54. The van der Waals surface area contributed by atoms with Crippen molar-refractivity contribution in [3.05, 3.63) is 23.4 Å². The van der Waals surface area contributed by atoms with E-state index in [1.165, 1.54) is 0 Å². The first kappa shape index (κ1) is 13.3. The molecule has 5 nitrogen and oxygen atoms in total. The van der Waals surface area contributed by atoms with Crippen LogP contribution in [0, 0.1) is 18.3 Å². The summed E-state index contributed by atoms with van der Waals surface area (Å²) in [6.45, 7) is 2.64. The molecule has 0 spiro atoms. The lowest BCUT2D eigenvalue weighted by Crippen LogP contribution is -2.42. The van der Waals surface area contributed by atoms with Gasteiger partial charge in [-0.25, -0.2) is 4.98 Å². The van der Waals surface area contributed by atoms with Crippen molar-refractivity contribution in [2.75, 3.05) is 11.4 Å². The Morgan fingerprint density at radius 2 is 2.37 bits per heavy atom. The fourth-order valence-corrected chi connectivity index (χ4v) is 2.54. The second kappa shape index (κ2) is 5.70.